The highest BCUT2D eigenvalue weighted by Crippen LogP contribution is 2.17. The zero-order chi connectivity index (χ0) is 16.8. The van der Waals surface area contributed by atoms with Crippen LogP contribution in [0.15, 0.2) is 77.5 Å². The lowest BCUT2D eigenvalue weighted by Crippen LogP contribution is -2.21. The molecule has 0 aliphatic rings. The standard InChI is InChI=1S/C19H16BrN3O/c20-17-8-3-1-6-15(17)10-11-19(24)21-14-16-7-2-4-9-18(16)23-13-5-12-22-23/h1-13H,14H2,(H,21,24)/b11-10+. The van der Waals surface area contributed by atoms with E-state index in [-0.39, 0.29) is 5.91 Å². The average Bonchev–Trinajstić information content (AvgIpc) is 3.14. The summed E-state index contributed by atoms with van der Waals surface area (Å²) in [5.74, 6) is -0.138. The molecule has 0 saturated carbocycles. The van der Waals surface area contributed by atoms with Gasteiger partial charge in [0, 0.05) is 29.5 Å². The van der Waals surface area contributed by atoms with Gasteiger partial charge in [0.15, 0.2) is 0 Å². The van der Waals surface area contributed by atoms with Crippen LogP contribution in [0.1, 0.15) is 11.1 Å². The molecule has 3 aromatic rings. The van der Waals surface area contributed by atoms with E-state index in [2.05, 4.69) is 26.3 Å². The normalized spacial score (nSPS) is 10.9. The van der Waals surface area contributed by atoms with Crippen molar-refractivity contribution in [1.29, 1.82) is 0 Å². The van der Waals surface area contributed by atoms with Crippen molar-refractivity contribution in [3.8, 4) is 5.69 Å². The molecular weight excluding hydrogens is 366 g/mol. The van der Waals surface area contributed by atoms with Crippen LogP contribution in [0.5, 0.6) is 0 Å². The Morgan fingerprint density at radius 1 is 1.12 bits per heavy atom. The fourth-order valence-corrected chi connectivity index (χ4v) is 2.73. The van der Waals surface area contributed by atoms with E-state index in [1.807, 2.05) is 60.8 Å². The summed E-state index contributed by atoms with van der Waals surface area (Å²) in [6.07, 6.45) is 6.94. The number of nitrogens with one attached hydrogen (secondary N) is 1. The number of rotatable bonds is 5. The van der Waals surface area contributed by atoms with E-state index in [0.29, 0.717) is 6.54 Å². The number of benzene rings is 2. The van der Waals surface area contributed by atoms with Crippen molar-refractivity contribution in [2.24, 2.45) is 0 Å². The lowest BCUT2D eigenvalue weighted by molar-refractivity contribution is -0.116. The molecule has 4 nitrogen and oxygen atoms in total. The minimum atomic E-state index is -0.138. The summed E-state index contributed by atoms with van der Waals surface area (Å²) in [5.41, 5.74) is 2.92. The van der Waals surface area contributed by atoms with Gasteiger partial charge in [-0.15, -0.1) is 0 Å². The second-order valence-corrected chi connectivity index (χ2v) is 6.01. The predicted octanol–water partition coefficient (Wildman–Crippen LogP) is 3.96. The van der Waals surface area contributed by atoms with E-state index < -0.39 is 0 Å². The van der Waals surface area contributed by atoms with Gasteiger partial charge < -0.3 is 5.32 Å². The molecule has 0 atom stereocenters. The Morgan fingerprint density at radius 3 is 2.71 bits per heavy atom. The third-order valence-corrected chi connectivity index (χ3v) is 4.24. The van der Waals surface area contributed by atoms with Crippen LogP contribution in [0, 0.1) is 0 Å². The van der Waals surface area contributed by atoms with Gasteiger partial charge in [0.25, 0.3) is 0 Å². The lowest BCUT2D eigenvalue weighted by Gasteiger charge is -2.09. The first-order valence-corrected chi connectivity index (χ1v) is 8.32. The van der Waals surface area contributed by atoms with Crippen molar-refractivity contribution >= 4 is 27.9 Å². The molecule has 0 fully saturated rings. The van der Waals surface area contributed by atoms with Crippen molar-refractivity contribution in [3.63, 3.8) is 0 Å². The first kappa shape index (κ1) is 16.2. The summed E-state index contributed by atoms with van der Waals surface area (Å²) in [4.78, 5) is 12.1. The van der Waals surface area contributed by atoms with Crippen LogP contribution in [0.2, 0.25) is 0 Å². The number of hydrogen-bond donors (Lipinski definition) is 1. The molecule has 1 amide bonds. The van der Waals surface area contributed by atoms with Crippen molar-refractivity contribution in [2.75, 3.05) is 0 Å². The monoisotopic (exact) mass is 381 g/mol. The Kier molecular flexibility index (Phi) is 5.23. The van der Waals surface area contributed by atoms with Crippen molar-refractivity contribution in [2.45, 2.75) is 6.54 Å². The van der Waals surface area contributed by atoms with E-state index in [0.717, 1.165) is 21.3 Å². The SMILES string of the molecule is O=C(/C=C/c1ccccc1Br)NCc1ccccc1-n1cccn1. The van der Waals surface area contributed by atoms with Crippen LogP contribution in [-0.2, 0) is 11.3 Å². The smallest absolute Gasteiger partial charge is 0.244 e. The second-order valence-electron chi connectivity index (χ2n) is 5.15. The molecule has 0 unspecified atom stereocenters. The Balaban J connectivity index is 1.66. The van der Waals surface area contributed by atoms with Crippen molar-refractivity contribution < 1.29 is 4.79 Å². The number of hydrogen-bond acceptors (Lipinski definition) is 2. The molecule has 0 radical (unpaired) electrons. The maximum atomic E-state index is 12.1. The van der Waals surface area contributed by atoms with Crippen LogP contribution in [0.3, 0.4) is 0 Å². The molecule has 0 saturated heterocycles. The van der Waals surface area contributed by atoms with Gasteiger partial charge in [-0.25, -0.2) is 4.68 Å². The largest absolute Gasteiger partial charge is 0.348 e. The van der Waals surface area contributed by atoms with Crippen LogP contribution in [0.4, 0.5) is 0 Å². The molecule has 2 aromatic carbocycles. The minimum Gasteiger partial charge on any atom is -0.348 e. The number of aromatic nitrogens is 2. The predicted molar refractivity (Wildman–Crippen MR) is 98.6 cm³/mol. The lowest BCUT2D eigenvalue weighted by atomic mass is 10.1. The average molecular weight is 382 g/mol. The van der Waals surface area contributed by atoms with Gasteiger partial charge in [0.2, 0.25) is 5.91 Å². The summed E-state index contributed by atoms with van der Waals surface area (Å²) < 4.78 is 2.75. The van der Waals surface area contributed by atoms with Gasteiger partial charge in [-0.2, -0.15) is 5.10 Å². The highest BCUT2D eigenvalue weighted by molar-refractivity contribution is 9.10. The van der Waals surface area contributed by atoms with Gasteiger partial charge in [0.1, 0.15) is 0 Å². The van der Waals surface area contributed by atoms with Crippen LogP contribution < -0.4 is 5.32 Å². The fraction of sp³-hybridized carbons (Fsp3) is 0.0526. The molecule has 1 N–H and O–H groups in total. The summed E-state index contributed by atoms with van der Waals surface area (Å²) >= 11 is 3.46. The van der Waals surface area contributed by atoms with Crippen molar-refractivity contribution in [1.82, 2.24) is 15.1 Å². The van der Waals surface area contributed by atoms with E-state index in [1.165, 1.54) is 6.08 Å². The zero-order valence-electron chi connectivity index (χ0n) is 12.9. The fourth-order valence-electron chi connectivity index (χ4n) is 2.31. The molecule has 0 bridgehead atoms. The van der Waals surface area contributed by atoms with E-state index in [9.17, 15) is 4.79 Å². The van der Waals surface area contributed by atoms with Gasteiger partial charge in [-0.1, -0.05) is 52.3 Å². The summed E-state index contributed by atoms with van der Waals surface area (Å²) in [6.45, 7) is 0.440. The molecule has 1 heterocycles. The van der Waals surface area contributed by atoms with Crippen LogP contribution >= 0.6 is 15.9 Å². The van der Waals surface area contributed by atoms with Gasteiger partial charge >= 0.3 is 0 Å². The quantitative estimate of drug-likeness (QED) is 0.679. The second kappa shape index (κ2) is 7.75. The first-order chi connectivity index (χ1) is 11.7. The van der Waals surface area contributed by atoms with Gasteiger partial charge in [-0.05, 0) is 35.4 Å². The van der Waals surface area contributed by atoms with Gasteiger partial charge in [-0.3, -0.25) is 4.79 Å². The number of amides is 1. The van der Waals surface area contributed by atoms with E-state index >= 15 is 0 Å². The highest BCUT2D eigenvalue weighted by Gasteiger charge is 2.05. The van der Waals surface area contributed by atoms with Gasteiger partial charge in [0.05, 0.1) is 5.69 Å². The number of para-hydroxylation sites is 1. The molecular formula is C19H16BrN3O. The number of carbonyl (C=O) groups excluding carboxylic acids is 1. The number of carbonyl (C=O) groups is 1. The van der Waals surface area contributed by atoms with Crippen molar-refractivity contribution in [3.05, 3.63) is 88.7 Å². The Labute approximate surface area is 149 Å². The highest BCUT2D eigenvalue weighted by atomic mass is 79.9. The maximum Gasteiger partial charge on any atom is 0.244 e. The Bertz CT molecular complexity index is 857. The Hall–Kier alpha value is -2.66. The third kappa shape index (κ3) is 4.00. The molecule has 0 aliphatic carbocycles. The summed E-state index contributed by atoms with van der Waals surface area (Å²) in [7, 11) is 0. The summed E-state index contributed by atoms with van der Waals surface area (Å²) in [5, 5.41) is 7.15. The third-order valence-electron chi connectivity index (χ3n) is 3.52. The molecule has 1 aromatic heterocycles. The molecule has 0 spiro atoms. The van der Waals surface area contributed by atoms with Crippen LogP contribution in [-0.4, -0.2) is 15.7 Å². The number of halogens is 1. The van der Waals surface area contributed by atoms with E-state index in [4.69, 9.17) is 0 Å². The molecule has 120 valence electrons. The minimum absolute atomic E-state index is 0.138. The summed E-state index contributed by atoms with van der Waals surface area (Å²) in [6, 6.07) is 17.5. The zero-order valence-corrected chi connectivity index (χ0v) is 14.5. The molecule has 5 heteroatoms. The first-order valence-electron chi connectivity index (χ1n) is 7.52. The van der Waals surface area contributed by atoms with Crippen LogP contribution in [0.25, 0.3) is 11.8 Å². The maximum absolute atomic E-state index is 12.1. The molecule has 3 rings (SSSR count). The topological polar surface area (TPSA) is 46.9 Å². The Morgan fingerprint density at radius 2 is 1.92 bits per heavy atom. The van der Waals surface area contributed by atoms with E-state index in [1.54, 1.807) is 17.0 Å². The molecule has 24 heavy (non-hydrogen) atoms. The number of nitrogens with zero attached hydrogens (tertiary/aromatic N) is 2. The molecule has 0 aliphatic heterocycles.